The molecule has 1 aliphatic heterocycles. The minimum atomic E-state index is 0.795. The number of thiophene rings is 1. The maximum Gasteiger partial charge on any atom is 0.100 e. The van der Waals surface area contributed by atoms with E-state index < -0.39 is 0 Å². The van der Waals surface area contributed by atoms with Gasteiger partial charge >= 0.3 is 0 Å². The summed E-state index contributed by atoms with van der Waals surface area (Å²) in [5, 5.41) is 10.2. The smallest absolute Gasteiger partial charge is 0.100 e. The largest absolute Gasteiger partial charge is 0.378 e. The first-order valence-corrected chi connectivity index (χ1v) is 9.86. The normalized spacial score (nSPS) is 14.4. The van der Waals surface area contributed by atoms with Crippen molar-refractivity contribution in [1.82, 2.24) is 0 Å². The predicted octanol–water partition coefficient (Wildman–Crippen LogP) is 4.46. The van der Waals surface area contributed by atoms with Crippen LogP contribution in [0.3, 0.4) is 0 Å². The molecule has 136 valence electrons. The van der Waals surface area contributed by atoms with Crippen LogP contribution in [0.2, 0.25) is 0 Å². The van der Waals surface area contributed by atoms with Gasteiger partial charge in [0.15, 0.2) is 0 Å². The summed E-state index contributed by atoms with van der Waals surface area (Å²) in [5.74, 6) is 0. The van der Waals surface area contributed by atoms with Gasteiger partial charge in [0, 0.05) is 29.1 Å². The van der Waals surface area contributed by atoms with E-state index in [0.717, 1.165) is 48.0 Å². The summed E-state index contributed by atoms with van der Waals surface area (Å²) in [7, 11) is 0. The Kier molecular flexibility index (Phi) is 5.72. The molecule has 0 saturated carbocycles. The molecule has 0 bridgehead atoms. The first-order valence-electron chi connectivity index (χ1n) is 9.04. The zero-order chi connectivity index (χ0) is 18.3. The summed E-state index contributed by atoms with van der Waals surface area (Å²) in [6.07, 6.45) is 1.83. The van der Waals surface area contributed by atoms with Crippen molar-refractivity contribution >= 4 is 28.3 Å². The first kappa shape index (κ1) is 17.6. The molecular formula is C22H21N3OS. The lowest BCUT2D eigenvalue weighted by molar-refractivity contribution is 0.123. The molecule has 1 fully saturated rings. The van der Waals surface area contributed by atoms with Crippen LogP contribution in [0.1, 0.15) is 16.0 Å². The molecule has 27 heavy (non-hydrogen) atoms. The van der Waals surface area contributed by atoms with Crippen LogP contribution in [-0.2, 0) is 4.74 Å². The van der Waals surface area contributed by atoms with E-state index in [-0.39, 0.29) is 0 Å². The van der Waals surface area contributed by atoms with Gasteiger partial charge in [-0.15, -0.1) is 16.4 Å². The Hall–Kier alpha value is -2.76. The van der Waals surface area contributed by atoms with Gasteiger partial charge in [-0.05, 0) is 12.1 Å². The fraction of sp³-hybridized carbons (Fsp3) is 0.182. The van der Waals surface area contributed by atoms with Crippen molar-refractivity contribution in [2.45, 2.75) is 0 Å². The molecule has 2 heterocycles. The number of rotatable bonds is 5. The molecule has 1 aliphatic rings. The Morgan fingerprint density at radius 3 is 2.11 bits per heavy atom. The number of nitrogens with zero attached hydrogens (tertiary/aromatic N) is 3. The fourth-order valence-corrected chi connectivity index (χ4v) is 3.91. The maximum atomic E-state index is 5.42. The third kappa shape index (κ3) is 4.51. The monoisotopic (exact) mass is 375 g/mol. The summed E-state index contributed by atoms with van der Waals surface area (Å²) in [5.41, 5.74) is 2.99. The van der Waals surface area contributed by atoms with E-state index in [2.05, 4.69) is 51.5 Å². The van der Waals surface area contributed by atoms with Gasteiger partial charge < -0.3 is 9.64 Å². The highest BCUT2D eigenvalue weighted by Crippen LogP contribution is 2.25. The minimum absolute atomic E-state index is 0.795. The van der Waals surface area contributed by atoms with Gasteiger partial charge in [-0.25, -0.2) is 0 Å². The van der Waals surface area contributed by atoms with Crippen molar-refractivity contribution in [1.29, 1.82) is 0 Å². The number of benzene rings is 2. The van der Waals surface area contributed by atoms with E-state index in [1.807, 2.05) is 42.6 Å². The molecule has 3 aromatic rings. The van der Waals surface area contributed by atoms with E-state index in [1.54, 1.807) is 11.3 Å². The van der Waals surface area contributed by atoms with Gasteiger partial charge in [-0.3, -0.25) is 0 Å². The SMILES string of the molecule is C(=N\N=C(c1ccccc1)c1ccccc1)/c1ccc(N2CCOCC2)s1. The third-order valence-electron chi connectivity index (χ3n) is 4.37. The molecule has 0 spiro atoms. The lowest BCUT2D eigenvalue weighted by atomic mass is 10.0. The minimum Gasteiger partial charge on any atom is -0.378 e. The van der Waals surface area contributed by atoms with Crippen molar-refractivity contribution < 1.29 is 4.74 Å². The molecule has 0 N–H and O–H groups in total. The summed E-state index contributed by atoms with van der Waals surface area (Å²) in [6.45, 7) is 3.48. The fourth-order valence-electron chi connectivity index (χ4n) is 2.98. The number of hydrogen-bond acceptors (Lipinski definition) is 5. The third-order valence-corrected chi connectivity index (χ3v) is 5.45. The van der Waals surface area contributed by atoms with E-state index in [0.29, 0.717) is 0 Å². The standard InChI is InChI=1S/C22H21N3OS/c1-3-7-18(8-4-1)22(19-9-5-2-6-10-19)24-23-17-20-11-12-21(27-20)25-13-15-26-16-14-25/h1-12,17H,13-16H2/b23-17+. The lowest BCUT2D eigenvalue weighted by Gasteiger charge is -2.27. The topological polar surface area (TPSA) is 37.2 Å². The van der Waals surface area contributed by atoms with Crippen molar-refractivity contribution in [2.24, 2.45) is 10.2 Å². The average Bonchev–Trinajstić information content (AvgIpc) is 3.22. The summed E-state index contributed by atoms with van der Waals surface area (Å²) >= 11 is 1.73. The number of morpholine rings is 1. The summed E-state index contributed by atoms with van der Waals surface area (Å²) in [6, 6.07) is 24.6. The van der Waals surface area contributed by atoms with Crippen LogP contribution in [0.5, 0.6) is 0 Å². The molecule has 4 rings (SSSR count). The summed E-state index contributed by atoms with van der Waals surface area (Å²) < 4.78 is 5.42. The van der Waals surface area contributed by atoms with Crippen LogP contribution >= 0.6 is 11.3 Å². The van der Waals surface area contributed by atoms with Crippen LogP contribution in [-0.4, -0.2) is 38.2 Å². The lowest BCUT2D eigenvalue weighted by Crippen LogP contribution is -2.35. The number of hydrogen-bond donors (Lipinski definition) is 0. The van der Waals surface area contributed by atoms with Crippen molar-refractivity contribution in [2.75, 3.05) is 31.2 Å². The molecular weight excluding hydrogens is 354 g/mol. The zero-order valence-electron chi connectivity index (χ0n) is 15.0. The molecule has 0 aliphatic carbocycles. The van der Waals surface area contributed by atoms with Crippen LogP contribution in [0.15, 0.2) is 83.0 Å². The second kappa shape index (κ2) is 8.75. The summed E-state index contributed by atoms with van der Waals surface area (Å²) in [4.78, 5) is 3.45. The van der Waals surface area contributed by atoms with Gasteiger partial charge in [0.1, 0.15) is 5.71 Å². The average molecular weight is 375 g/mol. The van der Waals surface area contributed by atoms with Crippen LogP contribution in [0, 0.1) is 0 Å². The highest BCUT2D eigenvalue weighted by atomic mass is 32.1. The van der Waals surface area contributed by atoms with Crippen molar-refractivity contribution in [3.8, 4) is 0 Å². The highest BCUT2D eigenvalue weighted by Gasteiger charge is 2.12. The van der Waals surface area contributed by atoms with E-state index in [1.165, 1.54) is 5.00 Å². The zero-order valence-corrected chi connectivity index (χ0v) is 15.8. The maximum absolute atomic E-state index is 5.42. The molecule has 0 radical (unpaired) electrons. The molecule has 4 nitrogen and oxygen atoms in total. The predicted molar refractivity (Wildman–Crippen MR) is 113 cm³/mol. The first-order chi connectivity index (χ1) is 13.4. The van der Waals surface area contributed by atoms with Gasteiger partial charge in [0.2, 0.25) is 0 Å². The van der Waals surface area contributed by atoms with Gasteiger partial charge in [-0.1, -0.05) is 60.7 Å². The van der Waals surface area contributed by atoms with E-state index in [9.17, 15) is 0 Å². The van der Waals surface area contributed by atoms with Gasteiger partial charge in [0.05, 0.1) is 24.4 Å². The number of anilines is 1. The van der Waals surface area contributed by atoms with E-state index >= 15 is 0 Å². The quantitative estimate of drug-likeness (QED) is 0.488. The molecule has 0 unspecified atom stereocenters. The molecule has 0 amide bonds. The number of ether oxygens (including phenoxy) is 1. The van der Waals surface area contributed by atoms with E-state index in [4.69, 9.17) is 4.74 Å². The molecule has 0 atom stereocenters. The van der Waals surface area contributed by atoms with Crippen LogP contribution in [0.4, 0.5) is 5.00 Å². The molecule has 2 aromatic carbocycles. The van der Waals surface area contributed by atoms with Crippen molar-refractivity contribution in [3.63, 3.8) is 0 Å². The van der Waals surface area contributed by atoms with Crippen molar-refractivity contribution in [3.05, 3.63) is 88.8 Å². The van der Waals surface area contributed by atoms with Gasteiger partial charge in [0.25, 0.3) is 0 Å². The molecule has 1 saturated heterocycles. The Morgan fingerprint density at radius 2 is 1.48 bits per heavy atom. The van der Waals surface area contributed by atoms with Crippen LogP contribution in [0.25, 0.3) is 0 Å². The molecule has 5 heteroatoms. The Bertz CT molecular complexity index is 872. The Balaban J connectivity index is 1.56. The second-order valence-corrected chi connectivity index (χ2v) is 7.29. The Morgan fingerprint density at radius 1 is 0.852 bits per heavy atom. The Labute approximate surface area is 163 Å². The van der Waals surface area contributed by atoms with Crippen LogP contribution < -0.4 is 4.90 Å². The molecule has 1 aromatic heterocycles. The second-order valence-electron chi connectivity index (χ2n) is 6.20. The van der Waals surface area contributed by atoms with Gasteiger partial charge in [-0.2, -0.15) is 5.10 Å². The highest BCUT2D eigenvalue weighted by molar-refractivity contribution is 7.17.